The molecule has 0 aliphatic carbocycles. The molecule has 0 spiro atoms. The van der Waals surface area contributed by atoms with Gasteiger partial charge in [0, 0.05) is 16.3 Å². The number of carbonyl (C=O) groups excluding carboxylic acids is 1. The van der Waals surface area contributed by atoms with E-state index >= 15 is 0 Å². The number of amides is 1. The number of halogens is 3. The number of anilines is 1. The Morgan fingerprint density at radius 1 is 0.900 bits per heavy atom. The second-order valence-corrected chi connectivity index (χ2v) is 7.85. The summed E-state index contributed by atoms with van der Waals surface area (Å²) in [5, 5.41) is 8.60. The van der Waals surface area contributed by atoms with Gasteiger partial charge in [0.1, 0.15) is 0 Å². The fourth-order valence-electron chi connectivity index (χ4n) is 2.81. The lowest BCUT2D eigenvalue weighted by molar-refractivity contribution is 0.101. The summed E-state index contributed by atoms with van der Waals surface area (Å²) in [5.74, 6) is 0.0886. The van der Waals surface area contributed by atoms with Gasteiger partial charge in [-0.15, -0.1) is 5.10 Å². The lowest BCUT2D eigenvalue weighted by Gasteiger charge is -2.07. The third-order valence-electron chi connectivity index (χ3n) is 4.37. The number of aryl methyl sites for hydroxylation is 1. The largest absolute Gasteiger partial charge is 0.319 e. The van der Waals surface area contributed by atoms with Crippen LogP contribution in [0.2, 0.25) is 15.1 Å². The van der Waals surface area contributed by atoms with Crippen molar-refractivity contribution in [2.24, 2.45) is 0 Å². The zero-order valence-electron chi connectivity index (χ0n) is 15.7. The molecule has 5 nitrogen and oxygen atoms in total. The molecule has 0 atom stereocenters. The topological polar surface area (TPSA) is 59.8 Å². The summed E-state index contributed by atoms with van der Waals surface area (Å²) in [6, 6.07) is 19.7. The quantitative estimate of drug-likeness (QED) is 0.383. The first-order chi connectivity index (χ1) is 14.4. The molecule has 4 rings (SSSR count). The third-order valence-corrected chi connectivity index (χ3v) is 5.36. The highest BCUT2D eigenvalue weighted by molar-refractivity contribution is 6.42. The van der Waals surface area contributed by atoms with Gasteiger partial charge in [-0.25, -0.2) is 9.67 Å². The average molecular weight is 458 g/mol. The van der Waals surface area contributed by atoms with Crippen molar-refractivity contribution in [3.8, 4) is 17.1 Å². The Kier molecular flexibility index (Phi) is 5.77. The average Bonchev–Trinajstić information content (AvgIpc) is 3.18. The number of carbonyl (C=O) groups is 1. The molecule has 3 aromatic carbocycles. The number of rotatable bonds is 4. The highest BCUT2D eigenvalue weighted by Gasteiger charge is 2.19. The first-order valence-electron chi connectivity index (χ1n) is 8.97. The van der Waals surface area contributed by atoms with Crippen LogP contribution in [0.1, 0.15) is 16.2 Å². The van der Waals surface area contributed by atoms with Crippen molar-refractivity contribution in [1.29, 1.82) is 0 Å². The summed E-state index contributed by atoms with van der Waals surface area (Å²) in [6.07, 6.45) is 0. The van der Waals surface area contributed by atoms with Gasteiger partial charge < -0.3 is 5.32 Å². The number of hydrogen-bond donors (Lipinski definition) is 1. The van der Waals surface area contributed by atoms with Crippen LogP contribution in [0.15, 0.2) is 66.7 Å². The molecule has 1 heterocycles. The molecular formula is C22H15Cl3N4O. The Balaban J connectivity index is 1.76. The highest BCUT2D eigenvalue weighted by atomic mass is 35.5. The van der Waals surface area contributed by atoms with Crippen LogP contribution in [0.4, 0.5) is 5.69 Å². The van der Waals surface area contributed by atoms with Crippen molar-refractivity contribution in [2.45, 2.75) is 6.92 Å². The van der Waals surface area contributed by atoms with E-state index in [0.717, 1.165) is 11.1 Å². The number of nitrogens with zero attached hydrogens (tertiary/aromatic N) is 3. The molecule has 0 radical (unpaired) electrons. The summed E-state index contributed by atoms with van der Waals surface area (Å²) in [6.45, 7) is 2.00. The van der Waals surface area contributed by atoms with E-state index in [9.17, 15) is 4.79 Å². The molecule has 30 heavy (non-hydrogen) atoms. The Bertz CT molecular complexity index is 1220. The second kappa shape index (κ2) is 8.48. The fourth-order valence-corrected chi connectivity index (χ4v) is 3.23. The highest BCUT2D eigenvalue weighted by Crippen LogP contribution is 2.27. The smallest absolute Gasteiger partial charge is 0.295 e. The molecule has 0 saturated heterocycles. The van der Waals surface area contributed by atoms with Crippen molar-refractivity contribution in [3.05, 3.63) is 93.2 Å². The van der Waals surface area contributed by atoms with Gasteiger partial charge in [0.2, 0.25) is 5.82 Å². The summed E-state index contributed by atoms with van der Waals surface area (Å²) in [4.78, 5) is 17.3. The Labute approximate surface area is 188 Å². The molecular weight excluding hydrogens is 443 g/mol. The molecule has 0 bridgehead atoms. The van der Waals surface area contributed by atoms with Crippen LogP contribution in [0.3, 0.4) is 0 Å². The fraction of sp³-hybridized carbons (Fsp3) is 0.0455. The number of nitrogens with one attached hydrogen (secondary N) is 1. The molecule has 1 amide bonds. The van der Waals surface area contributed by atoms with Crippen molar-refractivity contribution < 1.29 is 4.79 Å². The molecule has 1 aromatic heterocycles. The maximum Gasteiger partial charge on any atom is 0.295 e. The van der Waals surface area contributed by atoms with Gasteiger partial charge in [-0.1, -0.05) is 64.6 Å². The van der Waals surface area contributed by atoms with Gasteiger partial charge in [0.05, 0.1) is 15.7 Å². The Hall–Kier alpha value is -2.86. The number of hydrogen-bond acceptors (Lipinski definition) is 3. The Morgan fingerprint density at radius 2 is 1.60 bits per heavy atom. The van der Waals surface area contributed by atoms with Crippen LogP contribution in [-0.2, 0) is 0 Å². The van der Waals surface area contributed by atoms with E-state index in [0.29, 0.717) is 32.3 Å². The van der Waals surface area contributed by atoms with E-state index in [1.165, 1.54) is 0 Å². The van der Waals surface area contributed by atoms with E-state index in [-0.39, 0.29) is 5.82 Å². The van der Waals surface area contributed by atoms with Gasteiger partial charge in [-0.05, 0) is 49.4 Å². The minimum absolute atomic E-state index is 0.0200. The van der Waals surface area contributed by atoms with E-state index in [1.54, 1.807) is 47.1 Å². The molecule has 0 aliphatic rings. The number of benzene rings is 3. The van der Waals surface area contributed by atoms with E-state index in [4.69, 9.17) is 34.8 Å². The summed E-state index contributed by atoms with van der Waals surface area (Å²) >= 11 is 18.1. The van der Waals surface area contributed by atoms with E-state index < -0.39 is 5.91 Å². The van der Waals surface area contributed by atoms with Crippen LogP contribution < -0.4 is 5.32 Å². The molecule has 1 N–H and O–H groups in total. The SMILES string of the molecule is Cc1ccc(-c2nc(C(=O)Nc3ccc(Cl)cc3)nn2-c2ccc(Cl)c(Cl)c2)cc1. The van der Waals surface area contributed by atoms with Crippen molar-refractivity contribution in [1.82, 2.24) is 14.8 Å². The summed E-state index contributed by atoms with van der Waals surface area (Å²) < 4.78 is 1.57. The Morgan fingerprint density at radius 3 is 2.27 bits per heavy atom. The molecule has 0 fully saturated rings. The zero-order valence-corrected chi connectivity index (χ0v) is 18.0. The van der Waals surface area contributed by atoms with Crippen LogP contribution in [0.5, 0.6) is 0 Å². The van der Waals surface area contributed by atoms with Gasteiger partial charge >= 0.3 is 0 Å². The second-order valence-electron chi connectivity index (χ2n) is 6.60. The molecule has 8 heteroatoms. The van der Waals surface area contributed by atoms with Crippen LogP contribution >= 0.6 is 34.8 Å². The predicted octanol–water partition coefficient (Wildman–Crippen LogP) is 6.46. The van der Waals surface area contributed by atoms with E-state index in [2.05, 4.69) is 15.4 Å². The minimum atomic E-state index is -0.440. The summed E-state index contributed by atoms with van der Waals surface area (Å²) in [7, 11) is 0. The summed E-state index contributed by atoms with van der Waals surface area (Å²) in [5.41, 5.74) is 3.15. The maximum absolute atomic E-state index is 12.8. The first-order valence-corrected chi connectivity index (χ1v) is 10.1. The van der Waals surface area contributed by atoms with Crippen LogP contribution in [0.25, 0.3) is 17.1 Å². The van der Waals surface area contributed by atoms with Crippen molar-refractivity contribution in [3.63, 3.8) is 0 Å². The third kappa shape index (κ3) is 4.33. The van der Waals surface area contributed by atoms with Crippen molar-refractivity contribution >= 4 is 46.4 Å². The van der Waals surface area contributed by atoms with Gasteiger partial charge in [-0.2, -0.15) is 0 Å². The van der Waals surface area contributed by atoms with Crippen LogP contribution in [0, 0.1) is 6.92 Å². The van der Waals surface area contributed by atoms with Crippen LogP contribution in [-0.4, -0.2) is 20.7 Å². The molecule has 4 aromatic rings. The lowest BCUT2D eigenvalue weighted by Crippen LogP contribution is -2.14. The minimum Gasteiger partial charge on any atom is -0.319 e. The van der Waals surface area contributed by atoms with Gasteiger partial charge in [0.25, 0.3) is 5.91 Å². The zero-order chi connectivity index (χ0) is 21.3. The number of aromatic nitrogens is 3. The van der Waals surface area contributed by atoms with E-state index in [1.807, 2.05) is 31.2 Å². The van der Waals surface area contributed by atoms with Gasteiger partial charge in [0.15, 0.2) is 5.82 Å². The molecule has 150 valence electrons. The first kappa shape index (κ1) is 20.4. The molecule has 0 aliphatic heterocycles. The maximum atomic E-state index is 12.8. The normalized spacial score (nSPS) is 10.8. The monoisotopic (exact) mass is 456 g/mol. The lowest BCUT2D eigenvalue weighted by atomic mass is 10.1. The molecule has 0 unspecified atom stereocenters. The molecule has 0 saturated carbocycles. The predicted molar refractivity (Wildman–Crippen MR) is 121 cm³/mol. The van der Waals surface area contributed by atoms with Crippen molar-refractivity contribution in [2.75, 3.05) is 5.32 Å². The van der Waals surface area contributed by atoms with Gasteiger partial charge in [-0.3, -0.25) is 4.79 Å². The standard InChI is InChI=1S/C22H15Cl3N4O/c1-13-2-4-14(5-3-13)21-27-20(22(30)26-16-8-6-15(23)7-9-16)28-29(21)17-10-11-18(24)19(25)12-17/h2-12H,1H3,(H,26,30).